The van der Waals surface area contributed by atoms with Crippen molar-refractivity contribution < 1.29 is 14.4 Å². The lowest BCUT2D eigenvalue weighted by Crippen LogP contribution is -2.56. The van der Waals surface area contributed by atoms with Crippen LogP contribution in [0.3, 0.4) is 0 Å². The van der Waals surface area contributed by atoms with Gasteiger partial charge < -0.3 is 9.80 Å². The minimum atomic E-state index is -0.547. The molecule has 1 aromatic rings. The van der Waals surface area contributed by atoms with Crippen LogP contribution < -0.4 is 0 Å². The van der Waals surface area contributed by atoms with E-state index in [1.807, 2.05) is 20.9 Å². The second-order valence-electron chi connectivity index (χ2n) is 6.65. The first kappa shape index (κ1) is 21.3. The monoisotopic (exact) mass is 395 g/mol. The lowest BCUT2D eigenvalue weighted by molar-refractivity contribution is 0.0750. The Labute approximate surface area is 164 Å². The molecule has 0 aromatic carbocycles. The van der Waals surface area contributed by atoms with Gasteiger partial charge >= 0.3 is 12.1 Å². The fraction of sp³-hybridized carbons (Fsp3) is 0.667. The van der Waals surface area contributed by atoms with Crippen LogP contribution in [0.15, 0.2) is 11.6 Å². The van der Waals surface area contributed by atoms with Crippen LogP contribution in [0.25, 0.3) is 0 Å². The summed E-state index contributed by atoms with van der Waals surface area (Å²) in [4.78, 5) is 49.2. The lowest BCUT2D eigenvalue weighted by Gasteiger charge is -2.36. The van der Waals surface area contributed by atoms with Crippen LogP contribution >= 0.6 is 11.3 Å². The van der Waals surface area contributed by atoms with Crippen LogP contribution in [0.4, 0.5) is 9.59 Å². The van der Waals surface area contributed by atoms with Crippen LogP contribution in [-0.4, -0.2) is 88.9 Å². The Balaban J connectivity index is 2.19. The molecular formula is C18H29N5O3S. The maximum atomic E-state index is 13.2. The van der Waals surface area contributed by atoms with E-state index in [9.17, 15) is 14.4 Å². The summed E-state index contributed by atoms with van der Waals surface area (Å²) in [7, 11) is 2.01. The Morgan fingerprint density at radius 2 is 1.78 bits per heavy atom. The molecule has 2 rings (SSSR count). The molecule has 1 fully saturated rings. The molecule has 0 atom stereocenters. The third-order valence-corrected chi connectivity index (χ3v) is 5.27. The molecule has 1 aromatic heterocycles. The molecule has 0 saturated carbocycles. The predicted molar refractivity (Wildman–Crippen MR) is 105 cm³/mol. The number of unbranched alkanes of at least 4 members (excludes halogenated alkanes) is 1. The Kier molecular flexibility index (Phi) is 8.18. The Bertz CT molecular complexity index is 629. The number of thiazole rings is 1. The number of carbonyl (C=O) groups excluding carboxylic acids is 3. The number of aromatic nitrogens is 1. The average Bonchev–Trinajstić information content (AvgIpc) is 3.21. The average molecular weight is 396 g/mol. The van der Waals surface area contributed by atoms with E-state index in [-0.39, 0.29) is 17.6 Å². The second-order valence-corrected chi connectivity index (χ2v) is 7.55. The molecule has 1 aliphatic heterocycles. The molecule has 1 aliphatic rings. The topological polar surface area (TPSA) is 77.1 Å². The van der Waals surface area contributed by atoms with Crippen molar-refractivity contribution in [1.82, 2.24) is 24.6 Å². The summed E-state index contributed by atoms with van der Waals surface area (Å²) >= 11 is 1.19. The van der Waals surface area contributed by atoms with Crippen molar-refractivity contribution in [1.29, 1.82) is 0 Å². The first-order chi connectivity index (χ1) is 13.0. The van der Waals surface area contributed by atoms with Gasteiger partial charge in [0.05, 0.1) is 0 Å². The quantitative estimate of drug-likeness (QED) is 0.740. The minimum absolute atomic E-state index is 0.260. The van der Waals surface area contributed by atoms with Gasteiger partial charge in [-0.15, -0.1) is 11.3 Å². The maximum Gasteiger partial charge on any atom is 0.335 e. The molecule has 0 bridgehead atoms. The summed E-state index contributed by atoms with van der Waals surface area (Å²) in [6.07, 6.45) is 3.72. The smallest absolute Gasteiger partial charge is 0.322 e. The summed E-state index contributed by atoms with van der Waals surface area (Å²) in [6.45, 7) is 7.19. The van der Waals surface area contributed by atoms with Gasteiger partial charge in [-0.1, -0.05) is 20.3 Å². The van der Waals surface area contributed by atoms with E-state index in [4.69, 9.17) is 0 Å². The lowest BCUT2D eigenvalue weighted by atomic mass is 10.3. The molecule has 5 amide bonds. The Hall–Kier alpha value is -2.00. The summed E-state index contributed by atoms with van der Waals surface area (Å²) in [5.41, 5.74) is 0. The van der Waals surface area contributed by atoms with Gasteiger partial charge in [-0.25, -0.2) is 19.5 Å². The molecule has 2 heterocycles. The van der Waals surface area contributed by atoms with Gasteiger partial charge in [-0.05, 0) is 19.9 Å². The second kappa shape index (κ2) is 10.4. The van der Waals surface area contributed by atoms with Crippen LogP contribution in [-0.2, 0) is 0 Å². The fourth-order valence-electron chi connectivity index (χ4n) is 2.86. The number of piperazine rings is 1. The van der Waals surface area contributed by atoms with Crippen molar-refractivity contribution in [3.63, 3.8) is 0 Å². The molecular weight excluding hydrogens is 366 g/mol. The van der Waals surface area contributed by atoms with Gasteiger partial charge in [0, 0.05) is 50.8 Å². The van der Waals surface area contributed by atoms with Gasteiger partial charge in [0.1, 0.15) is 0 Å². The molecule has 8 nitrogen and oxygen atoms in total. The SMILES string of the molecule is CCCCN(C(=O)N1CCN(C)CC1)C(=O)N(CCC)C(=O)c1nccs1. The highest BCUT2D eigenvalue weighted by Crippen LogP contribution is 2.14. The first-order valence-corrected chi connectivity index (χ1v) is 10.4. The van der Waals surface area contributed by atoms with Gasteiger partial charge in [-0.3, -0.25) is 9.69 Å². The number of rotatable bonds is 6. The largest absolute Gasteiger partial charge is 0.335 e. The van der Waals surface area contributed by atoms with E-state index in [2.05, 4.69) is 9.88 Å². The number of amides is 5. The molecule has 0 N–H and O–H groups in total. The molecule has 0 spiro atoms. The molecule has 1 saturated heterocycles. The summed E-state index contributed by atoms with van der Waals surface area (Å²) in [5, 5.41) is 1.96. The van der Waals surface area contributed by atoms with Crippen molar-refractivity contribution >= 4 is 29.3 Å². The van der Waals surface area contributed by atoms with E-state index in [0.717, 1.165) is 24.4 Å². The summed E-state index contributed by atoms with van der Waals surface area (Å²) in [6, 6.07) is -0.857. The normalized spacial score (nSPS) is 14.9. The van der Waals surface area contributed by atoms with Crippen LogP contribution in [0.5, 0.6) is 0 Å². The van der Waals surface area contributed by atoms with E-state index in [1.54, 1.807) is 10.3 Å². The Morgan fingerprint density at radius 3 is 2.33 bits per heavy atom. The molecule has 27 heavy (non-hydrogen) atoms. The zero-order valence-corrected chi connectivity index (χ0v) is 17.2. The number of carbonyl (C=O) groups is 3. The summed E-state index contributed by atoms with van der Waals surface area (Å²) in [5.74, 6) is -0.440. The van der Waals surface area contributed by atoms with Crippen molar-refractivity contribution in [3.8, 4) is 0 Å². The molecule has 9 heteroatoms. The highest BCUT2D eigenvalue weighted by Gasteiger charge is 2.34. The summed E-state index contributed by atoms with van der Waals surface area (Å²) < 4.78 is 0. The van der Waals surface area contributed by atoms with Gasteiger partial charge in [0.2, 0.25) is 0 Å². The zero-order valence-electron chi connectivity index (χ0n) is 16.4. The van der Waals surface area contributed by atoms with Gasteiger partial charge in [0.15, 0.2) is 5.01 Å². The predicted octanol–water partition coefficient (Wildman–Crippen LogP) is 2.58. The number of likely N-dealkylation sites (N-methyl/N-ethyl adjacent to an activating group) is 1. The third-order valence-electron chi connectivity index (χ3n) is 4.51. The molecule has 0 aliphatic carbocycles. The van der Waals surface area contributed by atoms with Crippen molar-refractivity contribution in [2.75, 3.05) is 46.3 Å². The van der Waals surface area contributed by atoms with Crippen LogP contribution in [0.1, 0.15) is 42.9 Å². The van der Waals surface area contributed by atoms with Crippen molar-refractivity contribution in [2.45, 2.75) is 33.1 Å². The maximum absolute atomic E-state index is 13.2. The molecule has 150 valence electrons. The van der Waals surface area contributed by atoms with Gasteiger partial charge in [0.25, 0.3) is 5.91 Å². The number of hydrogen-bond donors (Lipinski definition) is 0. The standard InChI is InChI=1S/C18H29N5O3S/c1-4-6-9-23(17(25)21-12-10-20(3)11-13-21)18(26)22(8-5-2)16(24)15-19-7-14-27-15/h7,14H,4-6,8-13H2,1-3H3. The van der Waals surface area contributed by atoms with Crippen molar-refractivity contribution in [2.24, 2.45) is 0 Å². The Morgan fingerprint density at radius 1 is 1.07 bits per heavy atom. The molecule has 0 unspecified atom stereocenters. The van der Waals surface area contributed by atoms with E-state index in [0.29, 0.717) is 32.5 Å². The molecule has 0 radical (unpaired) electrons. The number of hydrogen-bond acceptors (Lipinski definition) is 6. The van der Waals surface area contributed by atoms with E-state index in [1.165, 1.54) is 22.4 Å². The van der Waals surface area contributed by atoms with Crippen LogP contribution in [0.2, 0.25) is 0 Å². The highest BCUT2D eigenvalue weighted by molar-refractivity contribution is 7.11. The fourth-order valence-corrected chi connectivity index (χ4v) is 3.44. The third kappa shape index (κ3) is 5.49. The highest BCUT2D eigenvalue weighted by atomic mass is 32.1. The first-order valence-electron chi connectivity index (χ1n) is 9.49. The zero-order chi connectivity index (χ0) is 19.8. The van der Waals surface area contributed by atoms with Crippen LogP contribution in [0, 0.1) is 0 Å². The van der Waals surface area contributed by atoms with E-state index >= 15 is 0 Å². The minimum Gasteiger partial charge on any atom is -0.322 e. The number of imide groups is 2. The van der Waals surface area contributed by atoms with Crippen molar-refractivity contribution in [3.05, 3.63) is 16.6 Å². The van der Waals surface area contributed by atoms with Gasteiger partial charge in [-0.2, -0.15) is 0 Å². The van der Waals surface area contributed by atoms with E-state index < -0.39 is 11.9 Å². The number of nitrogens with zero attached hydrogens (tertiary/aromatic N) is 5. The number of urea groups is 2.